The maximum Gasteiger partial charge on any atom is 0.317 e. The molecule has 0 aliphatic rings. The molecule has 0 aliphatic carbocycles. The van der Waals surface area contributed by atoms with Gasteiger partial charge in [-0.3, -0.25) is 4.79 Å². The van der Waals surface area contributed by atoms with Crippen LogP contribution in [0.2, 0.25) is 0 Å². The van der Waals surface area contributed by atoms with E-state index in [1.165, 1.54) is 20.3 Å². The summed E-state index contributed by atoms with van der Waals surface area (Å²) in [6.45, 7) is 0. The summed E-state index contributed by atoms with van der Waals surface area (Å²) >= 11 is 0. The molecule has 0 bridgehead atoms. The van der Waals surface area contributed by atoms with Gasteiger partial charge in [-0.15, -0.1) is 0 Å². The van der Waals surface area contributed by atoms with E-state index in [9.17, 15) is 9.90 Å². The Morgan fingerprint density at radius 3 is 2.75 bits per heavy atom. The number of rotatable bonds is 2. The topological polar surface area (TPSA) is 55.8 Å². The Morgan fingerprint density at radius 2 is 2.19 bits per heavy atom. The van der Waals surface area contributed by atoms with Crippen molar-refractivity contribution in [2.75, 3.05) is 14.2 Å². The van der Waals surface area contributed by atoms with Crippen LogP contribution in [0.4, 0.5) is 0 Å². The van der Waals surface area contributed by atoms with Crippen molar-refractivity contribution in [3.05, 3.63) is 23.8 Å². The number of ether oxygens (including phenoxy) is 2. The number of carbonyl (C=O) groups is 1. The van der Waals surface area contributed by atoms with Gasteiger partial charge >= 0.3 is 5.97 Å². The highest BCUT2D eigenvalue weighted by Crippen LogP contribution is 2.25. The minimum Gasteiger partial charge on any atom is -0.504 e. The third-order valence-electron chi connectivity index (χ3n) is 1.87. The van der Waals surface area contributed by atoms with Crippen molar-refractivity contribution in [3.63, 3.8) is 0 Å². The van der Waals surface area contributed by atoms with Crippen LogP contribution in [0.3, 0.4) is 0 Å². The fraction of sp³-hybridized carbons (Fsp3) is 0.250. The van der Waals surface area contributed by atoms with E-state index in [1.807, 2.05) is 0 Å². The molecule has 16 heavy (non-hydrogen) atoms. The molecular weight excluding hydrogens is 208 g/mol. The van der Waals surface area contributed by atoms with Gasteiger partial charge in [0.1, 0.15) is 6.42 Å². The van der Waals surface area contributed by atoms with Crippen LogP contribution in [0.25, 0.3) is 0 Å². The maximum absolute atomic E-state index is 10.8. The number of carbonyl (C=O) groups excluding carboxylic acids is 1. The molecule has 4 heteroatoms. The quantitative estimate of drug-likeness (QED) is 0.603. The molecule has 0 spiro atoms. The van der Waals surface area contributed by atoms with Gasteiger partial charge in [-0.05, 0) is 18.2 Å². The van der Waals surface area contributed by atoms with Crippen LogP contribution in [0, 0.1) is 11.8 Å². The summed E-state index contributed by atoms with van der Waals surface area (Å²) in [7, 11) is 2.78. The number of esters is 1. The average Bonchev–Trinajstić information content (AvgIpc) is 2.29. The molecule has 1 aromatic rings. The van der Waals surface area contributed by atoms with Gasteiger partial charge < -0.3 is 14.6 Å². The van der Waals surface area contributed by atoms with Crippen molar-refractivity contribution in [2.24, 2.45) is 0 Å². The number of phenols is 1. The second-order valence-corrected chi connectivity index (χ2v) is 2.94. The highest BCUT2D eigenvalue weighted by molar-refractivity contribution is 5.72. The third kappa shape index (κ3) is 3.21. The molecule has 0 aliphatic heterocycles. The van der Waals surface area contributed by atoms with Crippen molar-refractivity contribution >= 4 is 5.97 Å². The standard InChI is InChI=1S/C12H12O4/c1-15-11-7-6-9(8-10(11)13)4-3-5-12(14)16-2/h6-8,13H,5H2,1-2H3. The fourth-order valence-corrected chi connectivity index (χ4v) is 1.06. The smallest absolute Gasteiger partial charge is 0.317 e. The summed E-state index contributed by atoms with van der Waals surface area (Å²) in [4.78, 5) is 10.8. The van der Waals surface area contributed by atoms with Crippen LogP contribution in [0.1, 0.15) is 12.0 Å². The van der Waals surface area contributed by atoms with Crippen LogP contribution in [0.5, 0.6) is 11.5 Å². The van der Waals surface area contributed by atoms with Crippen molar-refractivity contribution in [1.82, 2.24) is 0 Å². The van der Waals surface area contributed by atoms with Gasteiger partial charge in [-0.2, -0.15) is 0 Å². The molecule has 0 saturated heterocycles. The normalized spacial score (nSPS) is 8.88. The highest BCUT2D eigenvalue weighted by atomic mass is 16.5. The molecule has 0 aromatic heterocycles. The van der Waals surface area contributed by atoms with Crippen LogP contribution >= 0.6 is 0 Å². The molecule has 1 N–H and O–H groups in total. The van der Waals surface area contributed by atoms with E-state index in [0.717, 1.165) is 0 Å². The molecule has 0 radical (unpaired) electrons. The summed E-state index contributed by atoms with van der Waals surface area (Å²) in [6.07, 6.45) is 0.0310. The van der Waals surface area contributed by atoms with Gasteiger partial charge in [0.05, 0.1) is 14.2 Å². The molecule has 0 fully saturated rings. The Balaban J connectivity index is 2.75. The zero-order valence-electron chi connectivity index (χ0n) is 9.11. The first kappa shape index (κ1) is 11.9. The third-order valence-corrected chi connectivity index (χ3v) is 1.87. The van der Waals surface area contributed by atoms with E-state index in [0.29, 0.717) is 11.3 Å². The zero-order chi connectivity index (χ0) is 12.0. The molecule has 4 nitrogen and oxygen atoms in total. The lowest BCUT2D eigenvalue weighted by atomic mass is 10.2. The molecule has 0 amide bonds. The summed E-state index contributed by atoms with van der Waals surface area (Å²) in [5, 5.41) is 9.46. The van der Waals surface area contributed by atoms with E-state index in [1.54, 1.807) is 12.1 Å². The average molecular weight is 220 g/mol. The Kier molecular flexibility index (Phi) is 4.22. The Morgan fingerprint density at radius 1 is 1.44 bits per heavy atom. The number of aromatic hydroxyl groups is 1. The van der Waals surface area contributed by atoms with E-state index < -0.39 is 0 Å². The molecule has 1 aromatic carbocycles. The monoisotopic (exact) mass is 220 g/mol. The van der Waals surface area contributed by atoms with E-state index >= 15 is 0 Å². The van der Waals surface area contributed by atoms with Crippen molar-refractivity contribution in [1.29, 1.82) is 0 Å². The summed E-state index contributed by atoms with van der Waals surface area (Å²) in [5.74, 6) is 5.40. The van der Waals surface area contributed by atoms with Gasteiger partial charge in [-0.25, -0.2) is 0 Å². The minimum atomic E-state index is -0.384. The van der Waals surface area contributed by atoms with Gasteiger partial charge in [-0.1, -0.05) is 11.8 Å². The molecular formula is C12H12O4. The highest BCUT2D eigenvalue weighted by Gasteiger charge is 2.00. The van der Waals surface area contributed by atoms with Crippen molar-refractivity contribution in [3.8, 4) is 23.3 Å². The second-order valence-electron chi connectivity index (χ2n) is 2.94. The van der Waals surface area contributed by atoms with Gasteiger partial charge in [0.15, 0.2) is 11.5 Å². The van der Waals surface area contributed by atoms with Crippen LogP contribution in [-0.4, -0.2) is 25.3 Å². The largest absolute Gasteiger partial charge is 0.504 e. The number of phenolic OH excluding ortho intramolecular Hbond substituents is 1. The lowest BCUT2D eigenvalue weighted by Crippen LogP contribution is -1.97. The molecule has 0 saturated carbocycles. The molecule has 1 rings (SSSR count). The zero-order valence-corrected chi connectivity index (χ0v) is 9.11. The van der Waals surface area contributed by atoms with Gasteiger partial charge in [0, 0.05) is 5.56 Å². The molecule has 0 unspecified atom stereocenters. The van der Waals surface area contributed by atoms with Gasteiger partial charge in [0.25, 0.3) is 0 Å². The first-order chi connectivity index (χ1) is 7.67. The summed E-state index contributed by atoms with van der Waals surface area (Å²) in [6, 6.07) is 4.78. The second kappa shape index (κ2) is 5.66. The Labute approximate surface area is 93.8 Å². The SMILES string of the molecule is COC(=O)CC#Cc1ccc(OC)c(O)c1. The van der Waals surface area contributed by atoms with Crippen LogP contribution in [-0.2, 0) is 9.53 Å². The van der Waals surface area contributed by atoms with Crippen molar-refractivity contribution in [2.45, 2.75) is 6.42 Å². The van der Waals surface area contributed by atoms with Gasteiger partial charge in [0.2, 0.25) is 0 Å². The van der Waals surface area contributed by atoms with E-state index in [2.05, 4.69) is 16.6 Å². The fourth-order valence-electron chi connectivity index (χ4n) is 1.06. The van der Waals surface area contributed by atoms with Crippen molar-refractivity contribution < 1.29 is 19.4 Å². The first-order valence-electron chi connectivity index (χ1n) is 4.60. The minimum absolute atomic E-state index is 0.0207. The molecule has 84 valence electrons. The van der Waals surface area contributed by atoms with Crippen LogP contribution < -0.4 is 4.74 Å². The van der Waals surface area contributed by atoms with E-state index in [4.69, 9.17) is 4.74 Å². The molecule has 0 heterocycles. The summed E-state index contributed by atoms with van der Waals surface area (Å²) in [5.41, 5.74) is 0.613. The first-order valence-corrected chi connectivity index (χ1v) is 4.60. The Hall–Kier alpha value is -2.15. The number of hydrogen-bond donors (Lipinski definition) is 1. The predicted octanol–water partition coefficient (Wildman–Crippen LogP) is 1.32. The lowest BCUT2D eigenvalue weighted by Gasteiger charge is -2.01. The lowest BCUT2D eigenvalue weighted by molar-refractivity contribution is -0.139. The van der Waals surface area contributed by atoms with E-state index in [-0.39, 0.29) is 18.1 Å². The predicted molar refractivity (Wildman–Crippen MR) is 58.2 cm³/mol. The maximum atomic E-state index is 10.8. The number of methoxy groups -OCH3 is 2. The summed E-state index contributed by atoms with van der Waals surface area (Å²) < 4.78 is 9.33. The molecule has 0 atom stereocenters. The Bertz CT molecular complexity index is 440. The number of benzene rings is 1. The van der Waals surface area contributed by atoms with Crippen LogP contribution in [0.15, 0.2) is 18.2 Å². The number of hydrogen-bond acceptors (Lipinski definition) is 4.